The lowest BCUT2D eigenvalue weighted by atomic mass is 10.2. The topological polar surface area (TPSA) is 113 Å². The molecule has 1 saturated heterocycles. The Labute approximate surface area is 168 Å². The van der Waals surface area contributed by atoms with Crippen molar-refractivity contribution < 1.29 is 32.6 Å². The molecule has 0 aromatic heterocycles. The van der Waals surface area contributed by atoms with Crippen LogP contribution in [0.5, 0.6) is 5.75 Å². The molecule has 11 heteroatoms. The average molecular weight is 433 g/mol. The number of ether oxygens (including phenoxy) is 2. The molecule has 9 nitrogen and oxygen atoms in total. The third-order valence-corrected chi connectivity index (χ3v) is 6.20. The fourth-order valence-electron chi connectivity index (χ4n) is 2.74. The molecule has 1 aromatic rings. The zero-order chi connectivity index (χ0) is 20.7. The average Bonchev–Trinajstić information content (AvgIpc) is 2.66. The van der Waals surface area contributed by atoms with E-state index in [9.17, 15) is 18.0 Å². The van der Waals surface area contributed by atoms with Crippen molar-refractivity contribution in [3.63, 3.8) is 0 Å². The number of rotatable bonds is 9. The van der Waals surface area contributed by atoms with E-state index in [4.69, 9.17) is 14.6 Å². The van der Waals surface area contributed by atoms with E-state index in [1.165, 1.54) is 29.6 Å². The van der Waals surface area contributed by atoms with Crippen molar-refractivity contribution in [2.75, 3.05) is 62.8 Å². The van der Waals surface area contributed by atoms with Crippen molar-refractivity contribution in [1.29, 1.82) is 0 Å². The Hall–Kier alpha value is -1.82. The molecule has 0 radical (unpaired) electrons. The zero-order valence-electron chi connectivity index (χ0n) is 15.8. The molecule has 1 aromatic carbocycles. The predicted octanol–water partition coefficient (Wildman–Crippen LogP) is 0.751. The monoisotopic (exact) mass is 432 g/mol. The maximum atomic E-state index is 12.4. The van der Waals surface area contributed by atoms with Gasteiger partial charge in [-0.3, -0.25) is 18.8 Å². The van der Waals surface area contributed by atoms with Crippen molar-refractivity contribution in [1.82, 2.24) is 4.90 Å². The maximum absolute atomic E-state index is 12.4. The third kappa shape index (κ3) is 6.36. The fraction of sp³-hybridized carbons (Fsp3) is 0.529. The number of thioether (sulfide) groups is 1. The van der Waals surface area contributed by atoms with Gasteiger partial charge < -0.3 is 14.6 Å². The summed E-state index contributed by atoms with van der Waals surface area (Å²) in [6.07, 6.45) is 1.10. The summed E-state index contributed by atoms with van der Waals surface area (Å²) >= 11 is 0.646. The number of benzene rings is 1. The largest absolute Gasteiger partial charge is 0.495 e. The quantitative estimate of drug-likeness (QED) is 0.604. The van der Waals surface area contributed by atoms with Crippen LogP contribution in [0.2, 0.25) is 0 Å². The van der Waals surface area contributed by atoms with Crippen molar-refractivity contribution in [3.05, 3.63) is 23.8 Å². The van der Waals surface area contributed by atoms with Gasteiger partial charge in [0.2, 0.25) is 15.1 Å². The second kappa shape index (κ2) is 10.1. The number of carboxylic acids is 1. The first-order valence-electron chi connectivity index (χ1n) is 8.57. The molecule has 0 atom stereocenters. The lowest BCUT2D eigenvalue weighted by molar-refractivity contribution is -0.133. The van der Waals surface area contributed by atoms with Crippen LogP contribution in [0, 0.1) is 0 Å². The van der Waals surface area contributed by atoms with Gasteiger partial charge in [-0.1, -0.05) is 11.8 Å². The summed E-state index contributed by atoms with van der Waals surface area (Å²) < 4.78 is 36.7. The van der Waals surface area contributed by atoms with Gasteiger partial charge in [-0.2, -0.15) is 0 Å². The molecule has 0 saturated carbocycles. The van der Waals surface area contributed by atoms with Crippen molar-refractivity contribution in [3.8, 4) is 5.75 Å². The molecule has 1 aliphatic rings. The van der Waals surface area contributed by atoms with E-state index in [-0.39, 0.29) is 23.5 Å². The van der Waals surface area contributed by atoms with Crippen molar-refractivity contribution >= 4 is 38.6 Å². The Morgan fingerprint density at radius 2 is 2.00 bits per heavy atom. The van der Waals surface area contributed by atoms with E-state index in [0.29, 0.717) is 37.3 Å². The van der Waals surface area contributed by atoms with Gasteiger partial charge in [0, 0.05) is 31.7 Å². The highest BCUT2D eigenvalue weighted by molar-refractivity contribution is 8.14. The zero-order valence-corrected chi connectivity index (χ0v) is 17.4. The molecule has 156 valence electrons. The lowest BCUT2D eigenvalue weighted by Gasteiger charge is -2.30. The first-order valence-corrected chi connectivity index (χ1v) is 11.4. The van der Waals surface area contributed by atoms with Gasteiger partial charge in [0.1, 0.15) is 5.75 Å². The molecule has 1 aliphatic heterocycles. The molecular formula is C17H24N2O7S2. The maximum Gasteiger partial charge on any atom is 0.313 e. The molecule has 1 heterocycles. The molecular weight excluding hydrogens is 408 g/mol. The van der Waals surface area contributed by atoms with E-state index < -0.39 is 21.1 Å². The second-order valence-electron chi connectivity index (χ2n) is 6.15. The normalized spacial score (nSPS) is 15.2. The Bertz CT molecular complexity index is 808. The summed E-state index contributed by atoms with van der Waals surface area (Å²) in [5.41, 5.74) is 0.460. The lowest BCUT2D eigenvalue weighted by Crippen LogP contribution is -2.43. The number of aliphatic carboxylic acids is 1. The van der Waals surface area contributed by atoms with E-state index in [0.717, 1.165) is 19.3 Å². The molecule has 1 fully saturated rings. The Morgan fingerprint density at radius 1 is 1.32 bits per heavy atom. The van der Waals surface area contributed by atoms with Crippen LogP contribution in [0.15, 0.2) is 18.2 Å². The number of carbonyl (C=O) groups excluding carboxylic acids is 1. The molecule has 0 unspecified atom stereocenters. The van der Waals surface area contributed by atoms with Crippen LogP contribution in [0.4, 0.5) is 5.69 Å². The van der Waals surface area contributed by atoms with Gasteiger partial charge in [0.25, 0.3) is 0 Å². The number of nitrogens with zero attached hydrogens (tertiary/aromatic N) is 2. The van der Waals surface area contributed by atoms with Gasteiger partial charge in [-0.25, -0.2) is 8.42 Å². The summed E-state index contributed by atoms with van der Waals surface area (Å²) in [5, 5.41) is 8.29. The number of morpholine rings is 1. The van der Waals surface area contributed by atoms with Crippen LogP contribution in [-0.4, -0.2) is 88.0 Å². The number of methoxy groups -OCH3 is 1. The Morgan fingerprint density at radius 3 is 2.57 bits per heavy atom. The van der Waals surface area contributed by atoms with E-state index in [2.05, 4.69) is 4.90 Å². The standard InChI is InChI=1S/C17H24N2O7S2/c1-25-15-4-3-13(17(22)27-12-16(20)21)11-14(15)19(28(2,23)24)6-5-18-7-9-26-10-8-18/h3-4,11H,5-10,12H2,1-2H3,(H,20,21). The first kappa shape index (κ1) is 22.5. The molecule has 0 bridgehead atoms. The molecule has 0 amide bonds. The molecule has 28 heavy (non-hydrogen) atoms. The number of sulfonamides is 1. The minimum absolute atomic E-state index is 0.190. The van der Waals surface area contributed by atoms with Crippen molar-refractivity contribution in [2.24, 2.45) is 0 Å². The van der Waals surface area contributed by atoms with Gasteiger partial charge in [-0.15, -0.1) is 0 Å². The number of anilines is 1. The number of hydrogen-bond acceptors (Lipinski definition) is 8. The first-order chi connectivity index (χ1) is 13.2. The summed E-state index contributed by atoms with van der Waals surface area (Å²) in [6, 6.07) is 4.43. The van der Waals surface area contributed by atoms with Gasteiger partial charge >= 0.3 is 5.97 Å². The SMILES string of the molecule is COc1ccc(C(=O)SCC(=O)O)cc1N(CCN1CCOCC1)S(C)(=O)=O. The van der Waals surface area contributed by atoms with Gasteiger partial charge in [0.15, 0.2) is 0 Å². The third-order valence-electron chi connectivity index (χ3n) is 4.13. The van der Waals surface area contributed by atoms with E-state index >= 15 is 0 Å². The highest BCUT2D eigenvalue weighted by Crippen LogP contribution is 2.32. The van der Waals surface area contributed by atoms with Crippen LogP contribution in [-0.2, 0) is 19.6 Å². The number of hydrogen-bond donors (Lipinski definition) is 1. The molecule has 0 spiro atoms. The highest BCUT2D eigenvalue weighted by atomic mass is 32.2. The molecule has 1 N–H and O–H groups in total. The minimum Gasteiger partial charge on any atom is -0.495 e. The van der Waals surface area contributed by atoms with E-state index in [1.54, 1.807) is 0 Å². The number of carboxylic acid groups (broad SMARTS) is 1. The molecule has 0 aliphatic carbocycles. The fourth-order valence-corrected chi connectivity index (χ4v) is 4.21. The van der Waals surface area contributed by atoms with E-state index in [1.807, 2.05) is 0 Å². The van der Waals surface area contributed by atoms with Crippen LogP contribution < -0.4 is 9.04 Å². The van der Waals surface area contributed by atoms with Crippen LogP contribution in [0.25, 0.3) is 0 Å². The smallest absolute Gasteiger partial charge is 0.313 e. The Balaban J connectivity index is 2.27. The number of carbonyl (C=O) groups is 2. The minimum atomic E-state index is -3.64. The second-order valence-corrected chi connectivity index (χ2v) is 9.00. The predicted molar refractivity (Wildman–Crippen MR) is 107 cm³/mol. The summed E-state index contributed by atoms with van der Waals surface area (Å²) in [4.78, 5) is 25.0. The summed E-state index contributed by atoms with van der Waals surface area (Å²) in [6.45, 7) is 3.35. The summed E-state index contributed by atoms with van der Waals surface area (Å²) in [5.74, 6) is -1.16. The van der Waals surface area contributed by atoms with Gasteiger partial charge in [-0.05, 0) is 18.2 Å². The van der Waals surface area contributed by atoms with Crippen molar-refractivity contribution in [2.45, 2.75) is 0 Å². The van der Waals surface area contributed by atoms with Crippen LogP contribution in [0.1, 0.15) is 10.4 Å². The summed E-state index contributed by atoms with van der Waals surface area (Å²) in [7, 11) is -2.22. The van der Waals surface area contributed by atoms with Gasteiger partial charge in [0.05, 0.1) is 38.0 Å². The van der Waals surface area contributed by atoms with Crippen LogP contribution >= 0.6 is 11.8 Å². The highest BCUT2D eigenvalue weighted by Gasteiger charge is 2.24. The molecule has 2 rings (SSSR count). The Kier molecular flexibility index (Phi) is 8.10. The van der Waals surface area contributed by atoms with Crippen LogP contribution in [0.3, 0.4) is 0 Å².